The smallest absolute Gasteiger partial charge is 0.259 e. The van der Waals surface area contributed by atoms with Crippen LogP contribution < -0.4 is 15.4 Å². The molecular formula is C23H23ClN6O2S. The number of halogens is 1. The molecule has 33 heavy (non-hydrogen) atoms. The van der Waals surface area contributed by atoms with E-state index >= 15 is 0 Å². The Morgan fingerprint density at radius 1 is 1.15 bits per heavy atom. The predicted octanol–water partition coefficient (Wildman–Crippen LogP) is 5.44. The van der Waals surface area contributed by atoms with E-state index < -0.39 is 0 Å². The number of fused-ring (bicyclic) bond motifs is 1. The SMILES string of the molecule is COc1cnc(Cl)cc1-c1cc(C)ncc1C(=O)Nc1nc2ccc(NCC(C)C)nc2s1. The second-order valence-electron chi connectivity index (χ2n) is 7.85. The highest BCUT2D eigenvalue weighted by Crippen LogP contribution is 2.34. The van der Waals surface area contributed by atoms with Crippen LogP contribution in [-0.2, 0) is 0 Å². The number of hydrogen-bond acceptors (Lipinski definition) is 8. The van der Waals surface area contributed by atoms with Crippen molar-refractivity contribution in [1.82, 2.24) is 19.9 Å². The average molecular weight is 483 g/mol. The number of nitrogens with zero attached hydrogens (tertiary/aromatic N) is 4. The van der Waals surface area contributed by atoms with Crippen LogP contribution in [0.4, 0.5) is 10.9 Å². The molecule has 2 N–H and O–H groups in total. The van der Waals surface area contributed by atoms with Gasteiger partial charge in [-0.2, -0.15) is 0 Å². The molecule has 0 atom stereocenters. The van der Waals surface area contributed by atoms with Crippen LogP contribution in [0.2, 0.25) is 5.15 Å². The van der Waals surface area contributed by atoms with Crippen LogP contribution in [-0.4, -0.2) is 39.5 Å². The molecule has 0 unspecified atom stereocenters. The Balaban J connectivity index is 1.64. The molecular weight excluding hydrogens is 460 g/mol. The van der Waals surface area contributed by atoms with Gasteiger partial charge in [-0.25, -0.2) is 15.0 Å². The molecule has 0 saturated carbocycles. The second kappa shape index (κ2) is 9.68. The predicted molar refractivity (Wildman–Crippen MR) is 132 cm³/mol. The minimum absolute atomic E-state index is 0.297. The van der Waals surface area contributed by atoms with Gasteiger partial charge in [0.1, 0.15) is 27.1 Å². The lowest BCUT2D eigenvalue weighted by Gasteiger charge is -2.13. The molecule has 4 rings (SSSR count). The van der Waals surface area contributed by atoms with Gasteiger partial charge in [0.15, 0.2) is 5.13 Å². The van der Waals surface area contributed by atoms with Gasteiger partial charge in [-0.15, -0.1) is 0 Å². The number of rotatable bonds is 7. The third kappa shape index (κ3) is 5.20. The zero-order chi connectivity index (χ0) is 23.5. The van der Waals surface area contributed by atoms with E-state index in [2.05, 4.69) is 44.4 Å². The van der Waals surface area contributed by atoms with Crippen molar-refractivity contribution in [3.05, 3.63) is 53.1 Å². The number of pyridine rings is 3. The summed E-state index contributed by atoms with van der Waals surface area (Å²) in [5.41, 5.74) is 3.13. The van der Waals surface area contributed by atoms with Crippen LogP contribution in [0.5, 0.6) is 5.75 Å². The lowest BCUT2D eigenvalue weighted by Crippen LogP contribution is -2.14. The van der Waals surface area contributed by atoms with Gasteiger partial charge >= 0.3 is 0 Å². The molecule has 0 fully saturated rings. The average Bonchev–Trinajstić information content (AvgIpc) is 3.18. The first kappa shape index (κ1) is 22.9. The quantitative estimate of drug-likeness (QED) is 0.338. The maximum atomic E-state index is 13.2. The third-order valence-electron chi connectivity index (χ3n) is 4.80. The maximum Gasteiger partial charge on any atom is 0.259 e. The third-order valence-corrected chi connectivity index (χ3v) is 5.88. The number of anilines is 2. The van der Waals surface area contributed by atoms with Gasteiger partial charge in [0.25, 0.3) is 5.91 Å². The van der Waals surface area contributed by atoms with Crippen molar-refractivity contribution in [1.29, 1.82) is 0 Å². The van der Waals surface area contributed by atoms with Crippen molar-refractivity contribution in [2.24, 2.45) is 5.92 Å². The maximum absolute atomic E-state index is 13.2. The van der Waals surface area contributed by atoms with Crippen molar-refractivity contribution in [2.45, 2.75) is 20.8 Å². The van der Waals surface area contributed by atoms with Crippen LogP contribution in [0.25, 0.3) is 21.5 Å². The van der Waals surface area contributed by atoms with E-state index in [0.29, 0.717) is 38.6 Å². The van der Waals surface area contributed by atoms with Crippen LogP contribution in [0.15, 0.2) is 36.7 Å². The number of amides is 1. The highest BCUT2D eigenvalue weighted by Gasteiger charge is 2.19. The van der Waals surface area contributed by atoms with Crippen molar-refractivity contribution in [3.8, 4) is 16.9 Å². The summed E-state index contributed by atoms with van der Waals surface area (Å²) < 4.78 is 5.44. The standard InChI is InChI=1S/C23H23ClN6O2S/c1-12(2)9-27-20-6-5-17-22(29-20)33-23(28-17)30-21(31)16-10-25-13(3)7-14(16)15-8-19(24)26-11-18(15)32-4/h5-8,10-12H,9H2,1-4H3,(H,27,29)(H,28,30,31). The number of methoxy groups -OCH3 is 1. The van der Waals surface area contributed by atoms with E-state index in [0.717, 1.165) is 28.4 Å². The van der Waals surface area contributed by atoms with Gasteiger partial charge in [0.05, 0.1) is 18.9 Å². The Labute approximate surface area is 200 Å². The van der Waals surface area contributed by atoms with Crippen molar-refractivity contribution < 1.29 is 9.53 Å². The molecule has 10 heteroatoms. The molecule has 0 bridgehead atoms. The van der Waals surface area contributed by atoms with Gasteiger partial charge in [-0.3, -0.25) is 15.1 Å². The minimum atomic E-state index is -0.343. The first-order valence-electron chi connectivity index (χ1n) is 10.3. The van der Waals surface area contributed by atoms with E-state index in [9.17, 15) is 4.79 Å². The van der Waals surface area contributed by atoms with Crippen LogP contribution in [0.3, 0.4) is 0 Å². The van der Waals surface area contributed by atoms with E-state index in [1.165, 1.54) is 23.7 Å². The lowest BCUT2D eigenvalue weighted by atomic mass is 10.0. The molecule has 4 aromatic heterocycles. The molecule has 0 aliphatic rings. The molecule has 0 spiro atoms. The topological polar surface area (TPSA) is 102 Å². The number of aryl methyl sites for hydroxylation is 1. The molecule has 0 radical (unpaired) electrons. The first-order valence-corrected chi connectivity index (χ1v) is 11.5. The van der Waals surface area contributed by atoms with Gasteiger partial charge in [-0.05, 0) is 37.1 Å². The molecule has 4 heterocycles. The van der Waals surface area contributed by atoms with E-state index in [-0.39, 0.29) is 5.91 Å². The van der Waals surface area contributed by atoms with Gasteiger partial charge < -0.3 is 10.1 Å². The molecule has 1 amide bonds. The fourth-order valence-corrected chi connectivity index (χ4v) is 4.19. The molecule has 0 aliphatic heterocycles. The Hall–Kier alpha value is -3.30. The summed E-state index contributed by atoms with van der Waals surface area (Å²) in [5.74, 6) is 1.45. The highest BCUT2D eigenvalue weighted by molar-refractivity contribution is 7.22. The molecule has 170 valence electrons. The van der Waals surface area contributed by atoms with Crippen molar-refractivity contribution in [3.63, 3.8) is 0 Å². The largest absolute Gasteiger partial charge is 0.494 e. The summed E-state index contributed by atoms with van der Waals surface area (Å²) in [7, 11) is 1.54. The Bertz CT molecular complexity index is 1320. The van der Waals surface area contributed by atoms with Gasteiger partial charge in [0, 0.05) is 29.6 Å². The summed E-state index contributed by atoms with van der Waals surface area (Å²) in [5, 5.41) is 6.93. The zero-order valence-corrected chi connectivity index (χ0v) is 20.2. The van der Waals surface area contributed by atoms with Gasteiger partial charge in [0.2, 0.25) is 0 Å². The fourth-order valence-electron chi connectivity index (χ4n) is 3.20. The normalized spacial score (nSPS) is 11.1. The summed E-state index contributed by atoms with van der Waals surface area (Å²) in [6.45, 7) is 6.95. The number of thiazole rings is 1. The van der Waals surface area contributed by atoms with E-state index in [1.54, 1.807) is 13.2 Å². The Kier molecular flexibility index (Phi) is 6.71. The zero-order valence-electron chi connectivity index (χ0n) is 18.6. The molecule has 0 aliphatic carbocycles. The molecule has 8 nitrogen and oxygen atoms in total. The molecule has 0 saturated heterocycles. The summed E-state index contributed by atoms with van der Waals surface area (Å²) in [6, 6.07) is 7.26. The first-order chi connectivity index (χ1) is 15.8. The van der Waals surface area contributed by atoms with Crippen LogP contribution in [0, 0.1) is 12.8 Å². The number of aromatic nitrogens is 4. The summed E-state index contributed by atoms with van der Waals surface area (Å²) >= 11 is 7.43. The number of hydrogen-bond donors (Lipinski definition) is 2. The highest BCUT2D eigenvalue weighted by atomic mass is 35.5. The van der Waals surface area contributed by atoms with E-state index in [1.807, 2.05) is 25.1 Å². The van der Waals surface area contributed by atoms with E-state index in [4.69, 9.17) is 16.3 Å². The number of carbonyl (C=O) groups is 1. The Morgan fingerprint density at radius 3 is 2.73 bits per heavy atom. The summed E-state index contributed by atoms with van der Waals surface area (Å²) in [6.07, 6.45) is 3.06. The van der Waals surface area contributed by atoms with Crippen LogP contribution in [0.1, 0.15) is 29.9 Å². The minimum Gasteiger partial charge on any atom is -0.494 e. The van der Waals surface area contributed by atoms with Gasteiger partial charge in [-0.1, -0.05) is 36.8 Å². The van der Waals surface area contributed by atoms with Crippen LogP contribution >= 0.6 is 22.9 Å². The molecule has 4 aromatic rings. The number of nitrogens with one attached hydrogen (secondary N) is 2. The fraction of sp³-hybridized carbons (Fsp3) is 0.261. The summed E-state index contributed by atoms with van der Waals surface area (Å²) in [4.78, 5) is 31.4. The monoisotopic (exact) mass is 482 g/mol. The molecule has 0 aromatic carbocycles. The Morgan fingerprint density at radius 2 is 1.97 bits per heavy atom. The lowest BCUT2D eigenvalue weighted by molar-refractivity contribution is 0.102. The number of ether oxygens (including phenoxy) is 1. The van der Waals surface area contributed by atoms with Crippen molar-refractivity contribution in [2.75, 3.05) is 24.3 Å². The number of carbonyl (C=O) groups excluding carboxylic acids is 1. The van der Waals surface area contributed by atoms with Crippen molar-refractivity contribution >= 4 is 50.1 Å². The second-order valence-corrected chi connectivity index (χ2v) is 9.21.